The molecule has 0 saturated heterocycles. The van der Waals surface area contributed by atoms with Gasteiger partial charge in [-0.2, -0.15) is 0 Å². The molecule has 5 nitrogen and oxygen atoms in total. The van der Waals surface area contributed by atoms with E-state index < -0.39 is 24.2 Å². The molecule has 0 aliphatic rings. The van der Waals surface area contributed by atoms with Crippen molar-refractivity contribution in [1.29, 1.82) is 0 Å². The Morgan fingerprint density at radius 1 is 0.333 bits per heavy atom. The van der Waals surface area contributed by atoms with Crippen LogP contribution in [0.2, 0.25) is 0 Å². The van der Waals surface area contributed by atoms with Gasteiger partial charge in [-0.3, -0.25) is 4.79 Å². The van der Waals surface area contributed by atoms with Gasteiger partial charge in [0.05, 0.1) is 18.8 Å². The van der Waals surface area contributed by atoms with Crippen LogP contribution in [0.4, 0.5) is 0 Å². The normalized spacial score (nSPS) is 13.2. The second-order valence-corrected chi connectivity index (χ2v) is 23.0. The van der Waals surface area contributed by atoms with Gasteiger partial charge in [-0.05, 0) is 44.9 Å². The second-order valence-electron chi connectivity index (χ2n) is 23.0. The van der Waals surface area contributed by atoms with E-state index >= 15 is 0 Å². The van der Waals surface area contributed by atoms with Crippen molar-refractivity contribution in [2.24, 2.45) is 0 Å². The van der Waals surface area contributed by atoms with Crippen molar-refractivity contribution in [2.75, 3.05) is 6.61 Å². The van der Waals surface area contributed by atoms with Gasteiger partial charge in [0, 0.05) is 0 Å². The summed E-state index contributed by atoms with van der Waals surface area (Å²) in [5.74, 6) is -0.463. The Labute approximate surface area is 452 Å². The first-order valence-electron chi connectivity index (χ1n) is 33.1. The van der Waals surface area contributed by atoms with Crippen molar-refractivity contribution in [3.63, 3.8) is 0 Å². The second kappa shape index (κ2) is 62.4. The van der Waals surface area contributed by atoms with E-state index in [1.807, 2.05) is 0 Å². The standard InChI is InChI=1S/C67H131NO4/c1-3-5-7-9-11-13-15-17-19-21-23-25-27-29-30-31-32-33-34-35-36-37-38-40-42-44-46-48-50-52-54-56-58-60-62-66(71)67(72)68-64(63-69)65(70)61-59-57-55-53-51-49-47-45-43-41-39-28-26-24-22-20-18-16-14-12-10-8-6-4-2/h27,29,31-32,64-66,69-71H,3-26,28,30,33-63H2,1-2H3,(H,68,72)/b29-27-,32-31-. The SMILES string of the molecule is CCCCCCCCCCCCC/C=C\C/C=C\CCCCCCCCCCCCCCCCCCC(O)C(=O)NC(CO)C(O)CCCCCCCCCCCCCCCCCCCCCCCCCC. The minimum atomic E-state index is -1.07. The molecule has 0 spiro atoms. The average Bonchev–Trinajstić information content (AvgIpc) is 3.39. The Morgan fingerprint density at radius 2 is 0.569 bits per heavy atom. The zero-order valence-corrected chi connectivity index (χ0v) is 49.1. The van der Waals surface area contributed by atoms with Crippen molar-refractivity contribution in [2.45, 2.75) is 392 Å². The van der Waals surface area contributed by atoms with Crippen LogP contribution in [-0.4, -0.2) is 46.1 Å². The third-order valence-electron chi connectivity index (χ3n) is 15.8. The molecule has 0 bridgehead atoms. The highest BCUT2D eigenvalue weighted by Gasteiger charge is 2.23. The van der Waals surface area contributed by atoms with Gasteiger partial charge >= 0.3 is 0 Å². The third kappa shape index (κ3) is 56.6. The summed E-state index contributed by atoms with van der Waals surface area (Å²) in [6.45, 7) is 4.28. The Kier molecular flexibility index (Phi) is 61.4. The number of carbonyl (C=O) groups is 1. The van der Waals surface area contributed by atoms with Crippen LogP contribution in [0.15, 0.2) is 24.3 Å². The van der Waals surface area contributed by atoms with E-state index in [9.17, 15) is 20.1 Å². The summed E-state index contributed by atoms with van der Waals surface area (Å²) in [5, 5.41) is 33.7. The minimum Gasteiger partial charge on any atom is -0.394 e. The molecule has 72 heavy (non-hydrogen) atoms. The first-order valence-corrected chi connectivity index (χ1v) is 33.1. The zero-order valence-electron chi connectivity index (χ0n) is 49.1. The molecule has 0 aromatic rings. The van der Waals surface area contributed by atoms with Gasteiger partial charge in [0.1, 0.15) is 6.10 Å². The topological polar surface area (TPSA) is 89.8 Å². The van der Waals surface area contributed by atoms with E-state index in [0.29, 0.717) is 12.8 Å². The monoisotopic (exact) mass is 1010 g/mol. The molecular weight excluding hydrogens is 883 g/mol. The van der Waals surface area contributed by atoms with E-state index in [0.717, 1.165) is 38.5 Å². The molecule has 0 heterocycles. The molecule has 0 aliphatic carbocycles. The van der Waals surface area contributed by atoms with E-state index in [1.54, 1.807) is 0 Å². The summed E-state index contributed by atoms with van der Waals surface area (Å²) < 4.78 is 0. The van der Waals surface area contributed by atoms with E-state index in [2.05, 4.69) is 43.5 Å². The average molecular weight is 1010 g/mol. The Morgan fingerprint density at radius 3 is 0.833 bits per heavy atom. The lowest BCUT2D eigenvalue weighted by atomic mass is 10.0. The highest BCUT2D eigenvalue weighted by Crippen LogP contribution is 2.19. The summed E-state index contributed by atoms with van der Waals surface area (Å²) in [6.07, 6.45) is 81.2. The fourth-order valence-electron chi connectivity index (χ4n) is 10.7. The number of nitrogens with one attached hydrogen (secondary N) is 1. The first-order chi connectivity index (χ1) is 35.6. The number of aliphatic hydroxyl groups is 3. The van der Waals surface area contributed by atoms with Gasteiger partial charge in [0.25, 0.3) is 0 Å². The Hall–Kier alpha value is -1.17. The smallest absolute Gasteiger partial charge is 0.249 e. The number of allylic oxidation sites excluding steroid dienone is 4. The molecule has 0 aliphatic heterocycles. The lowest BCUT2D eigenvalue weighted by molar-refractivity contribution is -0.131. The van der Waals surface area contributed by atoms with Crippen LogP contribution in [0.3, 0.4) is 0 Å². The maximum absolute atomic E-state index is 12.6. The van der Waals surface area contributed by atoms with Crippen molar-refractivity contribution < 1.29 is 20.1 Å². The number of rotatable bonds is 62. The number of aliphatic hydroxyl groups excluding tert-OH is 3. The van der Waals surface area contributed by atoms with Crippen LogP contribution in [-0.2, 0) is 4.79 Å². The summed E-state index contributed by atoms with van der Waals surface area (Å²) >= 11 is 0. The van der Waals surface area contributed by atoms with Crippen molar-refractivity contribution in [3.8, 4) is 0 Å². The maximum Gasteiger partial charge on any atom is 0.249 e. The van der Waals surface area contributed by atoms with Gasteiger partial charge in [-0.1, -0.05) is 353 Å². The van der Waals surface area contributed by atoms with Crippen molar-refractivity contribution >= 4 is 5.91 Å². The quantitative estimate of drug-likeness (QED) is 0.0361. The number of unbranched alkanes of at least 4 members (excludes halogenated alkanes) is 50. The van der Waals surface area contributed by atoms with E-state index in [1.165, 1.54) is 308 Å². The van der Waals surface area contributed by atoms with Crippen LogP contribution >= 0.6 is 0 Å². The molecule has 0 radical (unpaired) electrons. The highest BCUT2D eigenvalue weighted by atomic mass is 16.3. The van der Waals surface area contributed by atoms with Gasteiger partial charge in [-0.25, -0.2) is 0 Å². The minimum absolute atomic E-state index is 0.310. The predicted molar refractivity (Wildman–Crippen MR) is 319 cm³/mol. The Balaban J connectivity index is 3.48. The van der Waals surface area contributed by atoms with E-state index in [4.69, 9.17) is 0 Å². The van der Waals surface area contributed by atoms with E-state index in [-0.39, 0.29) is 6.61 Å². The summed E-state index contributed by atoms with van der Waals surface area (Å²) in [6, 6.07) is -0.712. The zero-order chi connectivity index (χ0) is 52.2. The third-order valence-corrected chi connectivity index (χ3v) is 15.8. The molecule has 0 aromatic heterocycles. The summed E-state index contributed by atoms with van der Waals surface area (Å²) in [4.78, 5) is 12.6. The Bertz CT molecular complexity index is 1080. The van der Waals surface area contributed by atoms with Crippen LogP contribution in [0.25, 0.3) is 0 Å². The molecule has 0 fully saturated rings. The number of hydrogen-bond acceptors (Lipinski definition) is 4. The summed E-state index contributed by atoms with van der Waals surface area (Å²) in [7, 11) is 0. The highest BCUT2D eigenvalue weighted by molar-refractivity contribution is 5.80. The lowest BCUT2D eigenvalue weighted by Gasteiger charge is -2.23. The molecule has 0 aromatic carbocycles. The molecule has 3 atom stereocenters. The van der Waals surface area contributed by atoms with Gasteiger partial charge in [-0.15, -0.1) is 0 Å². The molecule has 3 unspecified atom stereocenters. The van der Waals surface area contributed by atoms with Crippen molar-refractivity contribution in [1.82, 2.24) is 5.32 Å². The largest absolute Gasteiger partial charge is 0.394 e. The maximum atomic E-state index is 12.6. The molecule has 5 heteroatoms. The molecular formula is C67H131NO4. The van der Waals surface area contributed by atoms with Gasteiger partial charge in [0.2, 0.25) is 5.91 Å². The molecule has 0 saturated carbocycles. The van der Waals surface area contributed by atoms with Crippen LogP contribution in [0.5, 0.6) is 0 Å². The molecule has 1 amide bonds. The fraction of sp³-hybridized carbons (Fsp3) is 0.925. The predicted octanol–water partition coefficient (Wildman–Crippen LogP) is 21.2. The van der Waals surface area contributed by atoms with Crippen molar-refractivity contribution in [3.05, 3.63) is 24.3 Å². The molecule has 0 rings (SSSR count). The van der Waals surface area contributed by atoms with Crippen LogP contribution < -0.4 is 5.32 Å². The summed E-state index contributed by atoms with van der Waals surface area (Å²) in [5.41, 5.74) is 0. The molecule has 4 N–H and O–H groups in total. The number of amides is 1. The van der Waals surface area contributed by atoms with Crippen LogP contribution in [0, 0.1) is 0 Å². The molecule has 428 valence electrons. The van der Waals surface area contributed by atoms with Gasteiger partial charge in [0.15, 0.2) is 0 Å². The number of carbonyl (C=O) groups excluding carboxylic acids is 1. The number of hydrogen-bond donors (Lipinski definition) is 4. The van der Waals surface area contributed by atoms with Gasteiger partial charge < -0.3 is 20.6 Å². The lowest BCUT2D eigenvalue weighted by Crippen LogP contribution is -2.49. The fourth-order valence-corrected chi connectivity index (χ4v) is 10.7. The van der Waals surface area contributed by atoms with Crippen LogP contribution in [0.1, 0.15) is 373 Å². The first kappa shape index (κ1) is 70.8.